The first-order chi connectivity index (χ1) is 9.04. The molecule has 0 saturated heterocycles. The normalized spacial score (nSPS) is 10.3. The van der Waals surface area contributed by atoms with Crippen LogP contribution in [0.5, 0.6) is 0 Å². The van der Waals surface area contributed by atoms with E-state index in [0.717, 1.165) is 27.3 Å². The third-order valence-corrected chi connectivity index (χ3v) is 4.22. The minimum Gasteiger partial charge on any atom is -0.381 e. The van der Waals surface area contributed by atoms with Gasteiger partial charge in [0.15, 0.2) is 0 Å². The standard InChI is InChI=1S/C14H15BrN2OS/c1-9-3-4-12(17-10(2)18)6-13(9)16-7-11-5-14(15)19-8-11/h3-6,8,16H,7H2,1-2H3,(H,17,18). The first kappa shape index (κ1) is 14.1. The quantitative estimate of drug-likeness (QED) is 0.867. The molecule has 0 radical (unpaired) electrons. The minimum absolute atomic E-state index is 0.0587. The summed E-state index contributed by atoms with van der Waals surface area (Å²) in [6, 6.07) is 7.96. The Morgan fingerprint density at radius 3 is 2.79 bits per heavy atom. The number of carbonyl (C=O) groups is 1. The number of hydrogen-bond donors (Lipinski definition) is 2. The Bertz CT molecular complexity index is 595. The molecule has 0 unspecified atom stereocenters. The van der Waals surface area contributed by atoms with Gasteiger partial charge >= 0.3 is 0 Å². The van der Waals surface area contributed by atoms with E-state index in [9.17, 15) is 4.79 Å². The predicted octanol–water partition coefficient (Wildman–Crippen LogP) is 4.39. The molecule has 3 nitrogen and oxygen atoms in total. The molecule has 0 spiro atoms. The zero-order chi connectivity index (χ0) is 13.8. The van der Waals surface area contributed by atoms with Gasteiger partial charge in [0.1, 0.15) is 0 Å². The van der Waals surface area contributed by atoms with Crippen molar-refractivity contribution in [3.63, 3.8) is 0 Å². The SMILES string of the molecule is CC(=O)Nc1ccc(C)c(NCc2csc(Br)c2)c1. The number of carbonyl (C=O) groups excluding carboxylic acids is 1. The van der Waals surface area contributed by atoms with E-state index in [1.54, 1.807) is 11.3 Å². The fourth-order valence-corrected chi connectivity index (χ4v) is 2.94. The summed E-state index contributed by atoms with van der Waals surface area (Å²) in [6.07, 6.45) is 0. The molecular formula is C14H15BrN2OS. The topological polar surface area (TPSA) is 41.1 Å². The van der Waals surface area contributed by atoms with Crippen LogP contribution < -0.4 is 10.6 Å². The summed E-state index contributed by atoms with van der Waals surface area (Å²) in [7, 11) is 0. The van der Waals surface area contributed by atoms with Crippen LogP contribution in [0.4, 0.5) is 11.4 Å². The highest BCUT2D eigenvalue weighted by molar-refractivity contribution is 9.11. The van der Waals surface area contributed by atoms with Gasteiger partial charge in [-0.3, -0.25) is 4.79 Å². The number of rotatable bonds is 4. The summed E-state index contributed by atoms with van der Waals surface area (Å²) in [4.78, 5) is 11.1. The first-order valence-electron chi connectivity index (χ1n) is 5.89. The van der Waals surface area contributed by atoms with E-state index in [-0.39, 0.29) is 5.91 Å². The second-order valence-corrected chi connectivity index (χ2v) is 6.61. The monoisotopic (exact) mass is 338 g/mol. The maximum atomic E-state index is 11.1. The summed E-state index contributed by atoms with van der Waals surface area (Å²) in [5, 5.41) is 8.30. The number of hydrogen-bond acceptors (Lipinski definition) is 3. The predicted molar refractivity (Wildman–Crippen MR) is 84.8 cm³/mol. The van der Waals surface area contributed by atoms with Gasteiger partial charge in [0.25, 0.3) is 0 Å². The molecule has 0 aliphatic carbocycles. The Labute approximate surface area is 125 Å². The second-order valence-electron chi connectivity index (χ2n) is 4.32. The van der Waals surface area contributed by atoms with E-state index < -0.39 is 0 Å². The van der Waals surface area contributed by atoms with Gasteiger partial charge in [-0.1, -0.05) is 6.07 Å². The Kier molecular flexibility index (Phi) is 4.61. The van der Waals surface area contributed by atoms with Crippen molar-refractivity contribution in [2.75, 3.05) is 10.6 Å². The largest absolute Gasteiger partial charge is 0.381 e. The first-order valence-corrected chi connectivity index (χ1v) is 7.57. The van der Waals surface area contributed by atoms with Crippen LogP contribution in [-0.2, 0) is 11.3 Å². The van der Waals surface area contributed by atoms with Crippen molar-refractivity contribution in [3.8, 4) is 0 Å². The van der Waals surface area contributed by atoms with Crippen LogP contribution in [0.1, 0.15) is 18.1 Å². The van der Waals surface area contributed by atoms with Crippen molar-refractivity contribution in [1.29, 1.82) is 0 Å². The van der Waals surface area contributed by atoms with Gasteiger partial charge in [0.05, 0.1) is 3.79 Å². The number of anilines is 2. The Hall–Kier alpha value is -1.33. The molecule has 5 heteroatoms. The molecule has 0 atom stereocenters. The van der Waals surface area contributed by atoms with Crippen LogP contribution in [0.25, 0.3) is 0 Å². The van der Waals surface area contributed by atoms with E-state index in [0.29, 0.717) is 0 Å². The average Bonchev–Trinajstić information content (AvgIpc) is 2.75. The second kappa shape index (κ2) is 6.21. The summed E-state index contributed by atoms with van der Waals surface area (Å²) < 4.78 is 1.13. The average molecular weight is 339 g/mol. The van der Waals surface area contributed by atoms with Crippen LogP contribution in [0.2, 0.25) is 0 Å². The van der Waals surface area contributed by atoms with Gasteiger partial charge in [-0.15, -0.1) is 11.3 Å². The van der Waals surface area contributed by atoms with Crippen molar-refractivity contribution < 1.29 is 4.79 Å². The Morgan fingerprint density at radius 2 is 2.16 bits per heavy atom. The third kappa shape index (κ3) is 4.08. The molecule has 0 bridgehead atoms. The van der Waals surface area contributed by atoms with Crippen molar-refractivity contribution in [2.24, 2.45) is 0 Å². The molecule has 1 heterocycles. The molecule has 0 fully saturated rings. The highest BCUT2D eigenvalue weighted by atomic mass is 79.9. The molecule has 1 aromatic heterocycles. The fraction of sp³-hybridized carbons (Fsp3) is 0.214. The maximum absolute atomic E-state index is 11.1. The summed E-state index contributed by atoms with van der Waals surface area (Å²) in [5.74, 6) is -0.0587. The van der Waals surface area contributed by atoms with Gasteiger partial charge in [0.2, 0.25) is 5.91 Å². The summed E-state index contributed by atoms with van der Waals surface area (Å²) in [6.45, 7) is 4.33. The number of nitrogens with one attached hydrogen (secondary N) is 2. The number of amides is 1. The van der Waals surface area contributed by atoms with Crippen molar-refractivity contribution >= 4 is 44.5 Å². The zero-order valence-electron chi connectivity index (χ0n) is 10.8. The number of benzene rings is 1. The van der Waals surface area contributed by atoms with Crippen LogP contribution >= 0.6 is 27.3 Å². The molecule has 1 amide bonds. The van der Waals surface area contributed by atoms with Gasteiger partial charge in [0, 0.05) is 24.8 Å². The lowest BCUT2D eigenvalue weighted by atomic mass is 10.1. The highest BCUT2D eigenvalue weighted by Gasteiger charge is 2.03. The minimum atomic E-state index is -0.0587. The molecular weight excluding hydrogens is 324 g/mol. The van der Waals surface area contributed by atoms with Crippen molar-refractivity contribution in [3.05, 3.63) is 44.6 Å². The smallest absolute Gasteiger partial charge is 0.221 e. The van der Waals surface area contributed by atoms with Gasteiger partial charge in [-0.2, -0.15) is 0 Å². The fourth-order valence-electron chi connectivity index (χ4n) is 1.73. The van der Waals surface area contributed by atoms with Gasteiger partial charge in [-0.05, 0) is 57.6 Å². The van der Waals surface area contributed by atoms with E-state index in [4.69, 9.17) is 0 Å². The lowest BCUT2D eigenvalue weighted by Gasteiger charge is -2.11. The molecule has 0 aliphatic rings. The van der Waals surface area contributed by atoms with Crippen molar-refractivity contribution in [2.45, 2.75) is 20.4 Å². The van der Waals surface area contributed by atoms with Gasteiger partial charge < -0.3 is 10.6 Å². The maximum Gasteiger partial charge on any atom is 0.221 e. The number of aryl methyl sites for hydroxylation is 1. The molecule has 1 aromatic carbocycles. The summed E-state index contributed by atoms with van der Waals surface area (Å²) >= 11 is 5.13. The molecule has 19 heavy (non-hydrogen) atoms. The highest BCUT2D eigenvalue weighted by Crippen LogP contribution is 2.24. The van der Waals surface area contributed by atoms with E-state index in [1.165, 1.54) is 12.5 Å². The Morgan fingerprint density at radius 1 is 1.37 bits per heavy atom. The van der Waals surface area contributed by atoms with Crippen molar-refractivity contribution in [1.82, 2.24) is 0 Å². The van der Waals surface area contributed by atoms with Gasteiger partial charge in [-0.25, -0.2) is 0 Å². The third-order valence-electron chi connectivity index (χ3n) is 2.66. The van der Waals surface area contributed by atoms with E-state index >= 15 is 0 Å². The van der Waals surface area contributed by atoms with Crippen LogP contribution in [0, 0.1) is 6.92 Å². The molecule has 0 aliphatic heterocycles. The number of halogens is 1. The van der Waals surface area contributed by atoms with Crippen LogP contribution in [0.15, 0.2) is 33.4 Å². The molecule has 100 valence electrons. The number of thiophene rings is 1. The van der Waals surface area contributed by atoms with Crippen LogP contribution in [-0.4, -0.2) is 5.91 Å². The zero-order valence-corrected chi connectivity index (χ0v) is 13.2. The molecule has 0 saturated carbocycles. The molecule has 2 aromatic rings. The lowest BCUT2D eigenvalue weighted by Crippen LogP contribution is -2.07. The van der Waals surface area contributed by atoms with E-state index in [2.05, 4.69) is 38.0 Å². The van der Waals surface area contributed by atoms with Crippen LogP contribution in [0.3, 0.4) is 0 Å². The summed E-state index contributed by atoms with van der Waals surface area (Å²) in [5.41, 5.74) is 4.24. The lowest BCUT2D eigenvalue weighted by molar-refractivity contribution is -0.114. The van der Waals surface area contributed by atoms with E-state index in [1.807, 2.05) is 25.1 Å². The Balaban J connectivity index is 2.08. The molecule has 2 N–H and O–H groups in total. The molecule has 2 rings (SSSR count).